The highest BCUT2D eigenvalue weighted by Crippen LogP contribution is 2.38. The number of pyridine rings is 2. The lowest BCUT2D eigenvalue weighted by atomic mass is 10.1. The molecule has 30 heavy (non-hydrogen) atoms. The van der Waals surface area contributed by atoms with E-state index in [1.807, 2.05) is 0 Å². The molecule has 0 bridgehead atoms. The Balaban J connectivity index is 1.93. The summed E-state index contributed by atoms with van der Waals surface area (Å²) in [5, 5.41) is 12.1. The third-order valence-corrected chi connectivity index (χ3v) is 5.04. The quantitative estimate of drug-likeness (QED) is 0.527. The molecule has 1 aromatic carbocycles. The molecule has 3 aromatic rings. The first kappa shape index (κ1) is 21.6. The average Bonchev–Trinajstić information content (AvgIpc) is 2.72. The van der Waals surface area contributed by atoms with Crippen molar-refractivity contribution in [2.75, 3.05) is 11.1 Å². The molecule has 0 aliphatic rings. The van der Waals surface area contributed by atoms with Gasteiger partial charge in [-0.15, -0.1) is 0 Å². The summed E-state index contributed by atoms with van der Waals surface area (Å²) in [7, 11) is 0. The maximum atomic E-state index is 13.6. The zero-order valence-corrected chi connectivity index (χ0v) is 16.6. The first-order chi connectivity index (χ1) is 14.3. The van der Waals surface area contributed by atoms with Crippen LogP contribution in [0.15, 0.2) is 59.8 Å². The first-order valence-electron chi connectivity index (χ1n) is 8.40. The second-order valence-corrected chi connectivity index (χ2v) is 7.30. The van der Waals surface area contributed by atoms with Crippen LogP contribution in [0.2, 0.25) is 5.02 Å². The fourth-order valence-electron chi connectivity index (χ4n) is 2.48. The molecule has 0 spiro atoms. The number of nitriles is 1. The van der Waals surface area contributed by atoms with E-state index in [0.29, 0.717) is 16.4 Å². The molecule has 0 aliphatic heterocycles. The molecule has 0 fully saturated rings. The Labute approximate surface area is 178 Å². The third kappa shape index (κ3) is 5.28. The molecule has 1 amide bonds. The van der Waals surface area contributed by atoms with Gasteiger partial charge >= 0.3 is 6.18 Å². The van der Waals surface area contributed by atoms with Crippen LogP contribution in [0.25, 0.3) is 11.3 Å². The lowest BCUT2D eigenvalue weighted by Crippen LogP contribution is -2.16. The number of hydrogen-bond acceptors (Lipinski definition) is 5. The highest BCUT2D eigenvalue weighted by molar-refractivity contribution is 8.00. The molecular formula is C20H12ClF3N4OS. The summed E-state index contributed by atoms with van der Waals surface area (Å²) in [6.45, 7) is 0. The van der Waals surface area contributed by atoms with E-state index in [-0.39, 0.29) is 16.5 Å². The van der Waals surface area contributed by atoms with E-state index >= 15 is 0 Å². The van der Waals surface area contributed by atoms with Gasteiger partial charge in [-0.25, -0.2) is 9.97 Å². The molecule has 2 heterocycles. The number of halogens is 4. The van der Waals surface area contributed by atoms with Gasteiger partial charge in [0.15, 0.2) is 0 Å². The van der Waals surface area contributed by atoms with Gasteiger partial charge in [0.05, 0.1) is 22.6 Å². The van der Waals surface area contributed by atoms with Crippen molar-refractivity contribution in [2.45, 2.75) is 11.2 Å². The number of hydrogen-bond donors (Lipinski definition) is 1. The molecule has 3 rings (SSSR count). The number of carbonyl (C=O) groups excluding carboxylic acids is 1. The number of carbonyl (C=O) groups is 1. The standard InChI is InChI=1S/C20H12ClF3N4OS/c21-13-6-4-12(5-7-13)16-9-15(20(22,23)24)14(10-25)19(27-16)30-11-18(29)28-17-3-1-2-8-26-17/h1-9H,11H2,(H,26,28,29). The van der Waals surface area contributed by atoms with Crippen LogP contribution in [0.5, 0.6) is 0 Å². The fraction of sp³-hybridized carbons (Fsp3) is 0.100. The normalized spacial score (nSPS) is 11.0. The molecule has 2 aromatic heterocycles. The second kappa shape index (κ2) is 9.15. The van der Waals surface area contributed by atoms with Gasteiger partial charge in [0.2, 0.25) is 5.91 Å². The highest BCUT2D eigenvalue weighted by Gasteiger charge is 2.36. The molecule has 1 N–H and O–H groups in total. The zero-order valence-electron chi connectivity index (χ0n) is 15.1. The van der Waals surface area contributed by atoms with Crippen LogP contribution < -0.4 is 5.32 Å². The summed E-state index contributed by atoms with van der Waals surface area (Å²) >= 11 is 6.58. The average molecular weight is 449 g/mol. The number of rotatable bonds is 5. The van der Waals surface area contributed by atoms with Crippen molar-refractivity contribution in [3.63, 3.8) is 0 Å². The van der Waals surface area contributed by atoms with E-state index in [1.54, 1.807) is 24.3 Å². The van der Waals surface area contributed by atoms with Crippen molar-refractivity contribution >= 4 is 35.1 Å². The maximum absolute atomic E-state index is 13.6. The van der Waals surface area contributed by atoms with Crippen LogP contribution in [0, 0.1) is 11.3 Å². The summed E-state index contributed by atoms with van der Waals surface area (Å²) in [4.78, 5) is 20.3. The number of aromatic nitrogens is 2. The number of benzene rings is 1. The molecule has 0 radical (unpaired) electrons. The molecule has 0 unspecified atom stereocenters. The van der Waals surface area contributed by atoms with Gasteiger partial charge < -0.3 is 5.32 Å². The van der Waals surface area contributed by atoms with Crippen LogP contribution in [-0.4, -0.2) is 21.6 Å². The van der Waals surface area contributed by atoms with E-state index in [4.69, 9.17) is 11.6 Å². The minimum Gasteiger partial charge on any atom is -0.310 e. The summed E-state index contributed by atoms with van der Waals surface area (Å²) in [6.07, 6.45) is -3.27. The van der Waals surface area contributed by atoms with Crippen LogP contribution >= 0.6 is 23.4 Å². The molecule has 152 valence electrons. The Hall–Kier alpha value is -3.09. The Bertz CT molecular complexity index is 1100. The van der Waals surface area contributed by atoms with Gasteiger partial charge in [0, 0.05) is 16.8 Å². The summed E-state index contributed by atoms with van der Waals surface area (Å²) < 4.78 is 40.7. The monoisotopic (exact) mass is 448 g/mol. The number of amides is 1. The summed E-state index contributed by atoms with van der Waals surface area (Å²) in [5.74, 6) is -0.433. The Morgan fingerprint density at radius 2 is 1.93 bits per heavy atom. The van der Waals surface area contributed by atoms with Gasteiger partial charge in [0.25, 0.3) is 0 Å². The number of thioether (sulfide) groups is 1. The van der Waals surface area contributed by atoms with E-state index in [2.05, 4.69) is 15.3 Å². The number of nitrogens with zero attached hydrogens (tertiary/aromatic N) is 3. The molecular weight excluding hydrogens is 437 g/mol. The van der Waals surface area contributed by atoms with Crippen molar-refractivity contribution in [2.24, 2.45) is 0 Å². The van der Waals surface area contributed by atoms with Gasteiger partial charge in [0.1, 0.15) is 16.9 Å². The predicted octanol–water partition coefficient (Wildman–Crippen LogP) is 5.42. The Kier molecular flexibility index (Phi) is 6.59. The number of alkyl halides is 3. The van der Waals surface area contributed by atoms with E-state index in [9.17, 15) is 23.2 Å². The minimum atomic E-state index is -4.76. The van der Waals surface area contributed by atoms with Crippen molar-refractivity contribution in [3.8, 4) is 17.3 Å². The molecule has 5 nitrogen and oxygen atoms in total. The van der Waals surface area contributed by atoms with Crippen LogP contribution in [0.4, 0.5) is 19.0 Å². The van der Waals surface area contributed by atoms with E-state index in [1.165, 1.54) is 30.5 Å². The Morgan fingerprint density at radius 1 is 1.20 bits per heavy atom. The predicted molar refractivity (Wildman–Crippen MR) is 108 cm³/mol. The zero-order chi connectivity index (χ0) is 21.7. The topological polar surface area (TPSA) is 78.7 Å². The van der Waals surface area contributed by atoms with Crippen LogP contribution in [0.3, 0.4) is 0 Å². The van der Waals surface area contributed by atoms with Crippen LogP contribution in [-0.2, 0) is 11.0 Å². The number of nitrogens with one attached hydrogen (secondary N) is 1. The molecule has 0 aliphatic carbocycles. The van der Waals surface area contributed by atoms with Crippen molar-refractivity contribution in [1.29, 1.82) is 5.26 Å². The van der Waals surface area contributed by atoms with Crippen LogP contribution in [0.1, 0.15) is 11.1 Å². The smallest absolute Gasteiger partial charge is 0.310 e. The minimum absolute atomic E-state index is 0.0191. The first-order valence-corrected chi connectivity index (χ1v) is 9.76. The van der Waals surface area contributed by atoms with Crippen molar-refractivity contribution in [1.82, 2.24) is 9.97 Å². The third-order valence-electron chi connectivity index (χ3n) is 3.82. The lowest BCUT2D eigenvalue weighted by Gasteiger charge is -2.14. The maximum Gasteiger partial charge on any atom is 0.417 e. The van der Waals surface area contributed by atoms with Crippen molar-refractivity contribution in [3.05, 3.63) is 70.9 Å². The largest absolute Gasteiger partial charge is 0.417 e. The fourth-order valence-corrected chi connectivity index (χ4v) is 3.40. The van der Waals surface area contributed by atoms with Gasteiger partial charge in [-0.1, -0.05) is 41.6 Å². The second-order valence-electron chi connectivity index (χ2n) is 5.90. The molecule has 10 heteroatoms. The Morgan fingerprint density at radius 3 is 2.53 bits per heavy atom. The molecule has 0 saturated heterocycles. The molecule has 0 atom stereocenters. The van der Waals surface area contributed by atoms with Gasteiger partial charge in [-0.3, -0.25) is 4.79 Å². The van der Waals surface area contributed by atoms with Gasteiger partial charge in [-0.2, -0.15) is 18.4 Å². The van der Waals surface area contributed by atoms with E-state index in [0.717, 1.165) is 17.8 Å². The highest BCUT2D eigenvalue weighted by atomic mass is 35.5. The molecule has 0 saturated carbocycles. The summed E-state index contributed by atoms with van der Waals surface area (Å²) in [6, 6.07) is 13.4. The SMILES string of the molecule is N#Cc1c(C(F)(F)F)cc(-c2ccc(Cl)cc2)nc1SCC(=O)Nc1ccccn1. The van der Waals surface area contributed by atoms with Gasteiger partial charge in [-0.05, 0) is 30.3 Å². The number of anilines is 1. The van der Waals surface area contributed by atoms with Crippen molar-refractivity contribution < 1.29 is 18.0 Å². The van der Waals surface area contributed by atoms with E-state index < -0.39 is 23.2 Å². The summed E-state index contributed by atoms with van der Waals surface area (Å²) in [5.41, 5.74) is -1.33. The lowest BCUT2D eigenvalue weighted by molar-refractivity contribution is -0.138.